The van der Waals surface area contributed by atoms with Crippen LogP contribution < -0.4 is 0 Å². The van der Waals surface area contributed by atoms with Crippen molar-refractivity contribution in [3.05, 3.63) is 47.1 Å². The molecule has 1 unspecified atom stereocenters. The second kappa shape index (κ2) is 6.48. The molecule has 0 bridgehead atoms. The van der Waals surface area contributed by atoms with E-state index >= 15 is 0 Å². The van der Waals surface area contributed by atoms with Crippen LogP contribution in [0.1, 0.15) is 23.8 Å². The van der Waals surface area contributed by atoms with E-state index < -0.39 is 0 Å². The van der Waals surface area contributed by atoms with E-state index in [0.717, 1.165) is 40.0 Å². The topological polar surface area (TPSA) is 67.3 Å². The Morgan fingerprint density at radius 3 is 2.96 bits per heavy atom. The molecule has 5 rings (SSSR count). The fourth-order valence-electron chi connectivity index (χ4n) is 3.43. The predicted octanol–water partition coefficient (Wildman–Crippen LogP) is 4.75. The van der Waals surface area contributed by atoms with Gasteiger partial charge >= 0.3 is 0 Å². The Bertz CT molecular complexity index is 1070. The molecule has 26 heavy (non-hydrogen) atoms. The molecule has 7 heteroatoms. The molecule has 0 aliphatic heterocycles. The average molecular weight is 380 g/mol. The SMILES string of the molecule is CC1CCc2c(sc3ncnc(Sc4n[nH]c(-c5ccccc5)n4)c23)C1. The summed E-state index contributed by atoms with van der Waals surface area (Å²) in [5, 5.41) is 10.3. The molecule has 3 heterocycles. The molecular weight excluding hydrogens is 362 g/mol. The highest BCUT2D eigenvalue weighted by Gasteiger charge is 2.23. The van der Waals surface area contributed by atoms with Crippen molar-refractivity contribution in [2.75, 3.05) is 0 Å². The van der Waals surface area contributed by atoms with Gasteiger partial charge in [-0.05, 0) is 42.5 Å². The number of thiophene rings is 1. The molecule has 4 aromatic rings. The Balaban J connectivity index is 1.51. The lowest BCUT2D eigenvalue weighted by atomic mass is 9.89. The Hall–Kier alpha value is -2.25. The number of benzene rings is 1. The fraction of sp³-hybridized carbons (Fsp3) is 0.263. The molecule has 1 aliphatic carbocycles. The number of H-pyrrole nitrogens is 1. The first-order valence-electron chi connectivity index (χ1n) is 8.69. The third-order valence-electron chi connectivity index (χ3n) is 4.76. The third kappa shape index (κ3) is 2.81. The van der Waals surface area contributed by atoms with Crippen molar-refractivity contribution in [1.82, 2.24) is 25.1 Å². The zero-order valence-electron chi connectivity index (χ0n) is 14.3. The second-order valence-electron chi connectivity index (χ2n) is 6.65. The van der Waals surface area contributed by atoms with Crippen LogP contribution in [0, 0.1) is 5.92 Å². The van der Waals surface area contributed by atoms with E-state index in [1.165, 1.54) is 34.0 Å². The molecule has 0 saturated carbocycles. The molecule has 3 aromatic heterocycles. The highest BCUT2D eigenvalue weighted by Crippen LogP contribution is 2.41. The number of aryl methyl sites for hydroxylation is 1. The van der Waals surface area contributed by atoms with E-state index in [1.54, 1.807) is 6.33 Å². The lowest BCUT2D eigenvalue weighted by Gasteiger charge is -2.17. The number of aromatic nitrogens is 5. The van der Waals surface area contributed by atoms with Gasteiger partial charge in [-0.25, -0.2) is 15.0 Å². The largest absolute Gasteiger partial charge is 0.258 e. The quantitative estimate of drug-likeness (QED) is 0.520. The van der Waals surface area contributed by atoms with Crippen LogP contribution in [0.2, 0.25) is 0 Å². The van der Waals surface area contributed by atoms with Crippen LogP contribution in [-0.2, 0) is 12.8 Å². The van der Waals surface area contributed by atoms with Gasteiger partial charge in [-0.15, -0.1) is 16.4 Å². The molecular formula is C19H17N5S2. The summed E-state index contributed by atoms with van der Waals surface area (Å²) >= 11 is 3.33. The highest BCUT2D eigenvalue weighted by molar-refractivity contribution is 7.99. The maximum Gasteiger partial charge on any atom is 0.215 e. The van der Waals surface area contributed by atoms with E-state index in [1.807, 2.05) is 41.7 Å². The number of hydrogen-bond donors (Lipinski definition) is 1. The maximum absolute atomic E-state index is 4.63. The van der Waals surface area contributed by atoms with Gasteiger partial charge in [0.1, 0.15) is 16.2 Å². The molecule has 0 saturated heterocycles. The summed E-state index contributed by atoms with van der Waals surface area (Å²) < 4.78 is 0. The van der Waals surface area contributed by atoms with Crippen molar-refractivity contribution in [2.24, 2.45) is 5.92 Å². The van der Waals surface area contributed by atoms with Gasteiger partial charge in [0, 0.05) is 15.8 Å². The van der Waals surface area contributed by atoms with E-state index in [4.69, 9.17) is 0 Å². The average Bonchev–Trinajstić information content (AvgIpc) is 3.27. The number of aromatic amines is 1. The minimum Gasteiger partial charge on any atom is -0.258 e. The van der Waals surface area contributed by atoms with E-state index in [-0.39, 0.29) is 0 Å². The summed E-state index contributed by atoms with van der Waals surface area (Å²) in [6, 6.07) is 10.0. The predicted molar refractivity (Wildman–Crippen MR) is 105 cm³/mol. The van der Waals surface area contributed by atoms with E-state index in [0.29, 0.717) is 5.16 Å². The molecule has 1 N–H and O–H groups in total. The minimum atomic E-state index is 0.688. The lowest BCUT2D eigenvalue weighted by molar-refractivity contribution is 0.509. The molecule has 0 spiro atoms. The van der Waals surface area contributed by atoms with Gasteiger partial charge in [0.15, 0.2) is 5.82 Å². The maximum atomic E-state index is 4.63. The fourth-order valence-corrected chi connectivity index (χ4v) is 5.67. The van der Waals surface area contributed by atoms with Gasteiger partial charge in [0.25, 0.3) is 0 Å². The number of rotatable bonds is 3. The molecule has 0 amide bonds. The Kier molecular flexibility index (Phi) is 3.98. The van der Waals surface area contributed by atoms with Crippen LogP contribution >= 0.6 is 23.1 Å². The smallest absolute Gasteiger partial charge is 0.215 e. The Morgan fingerprint density at radius 1 is 1.19 bits per heavy atom. The summed E-state index contributed by atoms with van der Waals surface area (Å²) in [5.41, 5.74) is 2.46. The summed E-state index contributed by atoms with van der Waals surface area (Å²) in [6.07, 6.45) is 5.15. The summed E-state index contributed by atoms with van der Waals surface area (Å²) in [6.45, 7) is 2.33. The van der Waals surface area contributed by atoms with Gasteiger partial charge < -0.3 is 0 Å². The van der Waals surface area contributed by atoms with Gasteiger partial charge in [-0.2, -0.15) is 0 Å². The van der Waals surface area contributed by atoms with Gasteiger partial charge in [-0.1, -0.05) is 37.3 Å². The van der Waals surface area contributed by atoms with Crippen molar-refractivity contribution in [1.29, 1.82) is 0 Å². The second-order valence-corrected chi connectivity index (χ2v) is 8.69. The summed E-state index contributed by atoms with van der Waals surface area (Å²) in [5.74, 6) is 1.53. The van der Waals surface area contributed by atoms with Crippen LogP contribution in [0.25, 0.3) is 21.6 Å². The number of hydrogen-bond acceptors (Lipinski definition) is 6. The van der Waals surface area contributed by atoms with Gasteiger partial charge in [0.05, 0.1) is 0 Å². The third-order valence-corrected chi connectivity index (χ3v) is 6.79. The van der Waals surface area contributed by atoms with Gasteiger partial charge in [-0.3, -0.25) is 5.10 Å². The molecule has 1 atom stereocenters. The minimum absolute atomic E-state index is 0.688. The molecule has 0 fully saturated rings. The van der Waals surface area contributed by atoms with E-state index in [9.17, 15) is 0 Å². The molecule has 0 radical (unpaired) electrons. The standard InChI is InChI=1S/C19H17N5S2/c1-11-7-8-13-14(9-11)25-17-15(13)18(21-10-20-17)26-19-22-16(23-24-19)12-5-3-2-4-6-12/h2-6,10-11H,7-9H2,1H3,(H,22,23,24). The zero-order chi connectivity index (χ0) is 17.5. The first-order chi connectivity index (χ1) is 12.8. The first kappa shape index (κ1) is 16.0. The summed E-state index contributed by atoms with van der Waals surface area (Å²) in [4.78, 5) is 16.2. The van der Waals surface area contributed by atoms with Crippen molar-refractivity contribution in [3.63, 3.8) is 0 Å². The zero-order valence-corrected chi connectivity index (χ0v) is 15.9. The number of fused-ring (bicyclic) bond motifs is 3. The molecule has 1 aromatic carbocycles. The van der Waals surface area contributed by atoms with Crippen LogP contribution in [0.5, 0.6) is 0 Å². The number of nitrogens with zero attached hydrogens (tertiary/aromatic N) is 4. The van der Waals surface area contributed by atoms with Crippen molar-refractivity contribution in [2.45, 2.75) is 36.4 Å². The monoisotopic (exact) mass is 379 g/mol. The van der Waals surface area contributed by atoms with Crippen LogP contribution in [0.4, 0.5) is 0 Å². The normalized spacial score (nSPS) is 16.7. The van der Waals surface area contributed by atoms with Gasteiger partial charge in [0.2, 0.25) is 5.16 Å². The summed E-state index contributed by atoms with van der Waals surface area (Å²) in [7, 11) is 0. The molecule has 5 nitrogen and oxygen atoms in total. The Morgan fingerprint density at radius 2 is 2.08 bits per heavy atom. The molecule has 1 aliphatic rings. The highest BCUT2D eigenvalue weighted by atomic mass is 32.2. The first-order valence-corrected chi connectivity index (χ1v) is 10.3. The van der Waals surface area contributed by atoms with E-state index in [2.05, 4.69) is 32.1 Å². The van der Waals surface area contributed by atoms with Crippen LogP contribution in [-0.4, -0.2) is 25.1 Å². The lowest BCUT2D eigenvalue weighted by Crippen LogP contribution is -2.08. The van der Waals surface area contributed by atoms with Crippen molar-refractivity contribution in [3.8, 4) is 11.4 Å². The van der Waals surface area contributed by atoms with Crippen LogP contribution in [0.3, 0.4) is 0 Å². The van der Waals surface area contributed by atoms with Crippen molar-refractivity contribution < 1.29 is 0 Å². The van der Waals surface area contributed by atoms with Crippen molar-refractivity contribution >= 4 is 33.3 Å². The Labute approximate surface area is 159 Å². The van der Waals surface area contributed by atoms with Crippen LogP contribution in [0.15, 0.2) is 46.8 Å². The molecule has 130 valence electrons. The number of nitrogens with one attached hydrogen (secondary N) is 1.